The van der Waals surface area contributed by atoms with Crippen LogP contribution < -0.4 is 0 Å². The van der Waals surface area contributed by atoms with Crippen molar-refractivity contribution in [2.75, 3.05) is 0 Å². The minimum absolute atomic E-state index is 0.0382. The van der Waals surface area contributed by atoms with Gasteiger partial charge in [0, 0.05) is 0 Å². The zero-order valence-electron chi connectivity index (χ0n) is 8.47. The van der Waals surface area contributed by atoms with Crippen LogP contribution in [-0.4, -0.2) is 11.1 Å². The van der Waals surface area contributed by atoms with Gasteiger partial charge in [-0.2, -0.15) is 0 Å². The van der Waals surface area contributed by atoms with Crippen LogP contribution in [0.5, 0.6) is 0 Å². The van der Waals surface area contributed by atoms with E-state index in [4.69, 9.17) is 5.11 Å². The second-order valence-corrected chi connectivity index (χ2v) is 4.76. The van der Waals surface area contributed by atoms with Gasteiger partial charge in [0.05, 0.1) is 5.92 Å². The predicted molar refractivity (Wildman–Crippen MR) is 56.5 cm³/mol. The highest BCUT2D eigenvalue weighted by atomic mass is 16.4. The van der Waals surface area contributed by atoms with E-state index in [2.05, 4.69) is 24.3 Å². The van der Waals surface area contributed by atoms with Crippen molar-refractivity contribution < 1.29 is 9.90 Å². The second kappa shape index (κ2) is 3.09. The van der Waals surface area contributed by atoms with E-state index in [1.165, 1.54) is 12.0 Å². The molecular weight excluding hydrogens is 188 g/mol. The molecule has 0 radical (unpaired) electrons. The largest absolute Gasteiger partial charge is 0.481 e. The topological polar surface area (TPSA) is 37.3 Å². The number of carboxylic acids is 1. The lowest BCUT2D eigenvalue weighted by molar-refractivity contribution is -0.138. The van der Waals surface area contributed by atoms with Crippen molar-refractivity contribution in [1.29, 1.82) is 0 Å². The van der Waals surface area contributed by atoms with E-state index in [9.17, 15) is 4.79 Å². The molecule has 1 aromatic rings. The highest BCUT2D eigenvalue weighted by Gasteiger charge is 2.56. The predicted octanol–water partition coefficient (Wildman–Crippen LogP) is 2.51. The molecule has 4 atom stereocenters. The van der Waals surface area contributed by atoms with Gasteiger partial charge in [-0.15, -0.1) is 0 Å². The molecule has 1 aromatic carbocycles. The van der Waals surface area contributed by atoms with Crippen LogP contribution in [0.2, 0.25) is 0 Å². The van der Waals surface area contributed by atoms with E-state index in [0.29, 0.717) is 17.8 Å². The molecule has 0 aromatic heterocycles. The van der Waals surface area contributed by atoms with Gasteiger partial charge < -0.3 is 5.11 Å². The van der Waals surface area contributed by atoms with E-state index in [0.717, 1.165) is 6.42 Å². The fourth-order valence-electron chi connectivity index (χ4n) is 2.74. The van der Waals surface area contributed by atoms with Crippen LogP contribution in [0.15, 0.2) is 30.3 Å². The normalized spacial score (nSPS) is 37.3. The summed E-state index contributed by atoms with van der Waals surface area (Å²) in [4.78, 5) is 10.7. The van der Waals surface area contributed by atoms with Crippen molar-refractivity contribution in [3.05, 3.63) is 35.9 Å². The molecule has 2 saturated carbocycles. The molecule has 2 fully saturated rings. The van der Waals surface area contributed by atoms with Gasteiger partial charge in [0.1, 0.15) is 0 Å². The van der Waals surface area contributed by atoms with Crippen LogP contribution >= 0.6 is 0 Å². The van der Waals surface area contributed by atoms with E-state index in [1.54, 1.807) is 0 Å². The molecule has 0 aliphatic heterocycles. The van der Waals surface area contributed by atoms with Gasteiger partial charge in [0.2, 0.25) is 0 Å². The van der Waals surface area contributed by atoms with E-state index >= 15 is 0 Å². The van der Waals surface area contributed by atoms with Crippen LogP contribution in [0.4, 0.5) is 0 Å². The van der Waals surface area contributed by atoms with E-state index in [1.807, 2.05) is 6.07 Å². The summed E-state index contributed by atoms with van der Waals surface area (Å²) >= 11 is 0. The first kappa shape index (κ1) is 8.96. The van der Waals surface area contributed by atoms with Crippen molar-refractivity contribution in [2.24, 2.45) is 17.8 Å². The van der Waals surface area contributed by atoms with Crippen LogP contribution in [0, 0.1) is 17.8 Å². The minimum atomic E-state index is -0.598. The molecule has 2 aliphatic carbocycles. The highest BCUT2D eigenvalue weighted by Crippen LogP contribution is 2.61. The number of carboxylic acid groups (broad SMARTS) is 1. The Morgan fingerprint density at radius 1 is 1.13 bits per heavy atom. The smallest absolute Gasteiger partial charge is 0.306 e. The summed E-state index contributed by atoms with van der Waals surface area (Å²) in [6.07, 6.45) is 2.10. The minimum Gasteiger partial charge on any atom is -0.481 e. The average molecular weight is 202 g/mol. The molecule has 0 heterocycles. The average Bonchev–Trinajstić information content (AvgIpc) is 3.11. The van der Waals surface area contributed by atoms with Gasteiger partial charge in [-0.1, -0.05) is 30.3 Å². The van der Waals surface area contributed by atoms with E-state index < -0.39 is 5.97 Å². The standard InChI is InChI=1S/C13H14O2/c14-13(15)12-7-11(12)10-6-9(10)8-4-2-1-3-5-8/h1-5,9-12H,6-7H2,(H,14,15)/t9-,10+,11-,12-/m1/s1. The zero-order valence-corrected chi connectivity index (χ0v) is 8.47. The first-order chi connectivity index (χ1) is 7.27. The summed E-state index contributed by atoms with van der Waals surface area (Å²) in [7, 11) is 0. The fraction of sp³-hybridized carbons (Fsp3) is 0.462. The Morgan fingerprint density at radius 2 is 1.87 bits per heavy atom. The molecule has 0 saturated heterocycles. The number of hydrogen-bond acceptors (Lipinski definition) is 1. The zero-order chi connectivity index (χ0) is 10.4. The Hall–Kier alpha value is -1.31. The molecule has 2 aliphatic rings. The monoisotopic (exact) mass is 202 g/mol. The third kappa shape index (κ3) is 1.54. The van der Waals surface area contributed by atoms with Crippen LogP contribution in [0.25, 0.3) is 0 Å². The summed E-state index contributed by atoms with van der Waals surface area (Å²) in [6.45, 7) is 0. The lowest BCUT2D eigenvalue weighted by atomic mass is 10.1. The molecule has 0 unspecified atom stereocenters. The van der Waals surface area contributed by atoms with E-state index in [-0.39, 0.29) is 5.92 Å². The van der Waals surface area contributed by atoms with Gasteiger partial charge in [0.25, 0.3) is 0 Å². The maximum absolute atomic E-state index is 10.7. The molecule has 2 nitrogen and oxygen atoms in total. The lowest BCUT2D eigenvalue weighted by Crippen LogP contribution is -2.00. The van der Waals surface area contributed by atoms with Gasteiger partial charge in [0.15, 0.2) is 0 Å². The second-order valence-electron chi connectivity index (χ2n) is 4.76. The molecule has 3 rings (SSSR count). The number of rotatable bonds is 3. The van der Waals surface area contributed by atoms with Crippen LogP contribution in [0.3, 0.4) is 0 Å². The maximum Gasteiger partial charge on any atom is 0.306 e. The SMILES string of the molecule is O=C(O)[C@@H]1C[C@@H]1[C@H]1C[C@@H]1c1ccccc1. The van der Waals surface area contributed by atoms with Gasteiger partial charge >= 0.3 is 5.97 Å². The molecule has 2 heteroatoms. The number of carbonyl (C=O) groups is 1. The van der Waals surface area contributed by atoms with Crippen molar-refractivity contribution >= 4 is 5.97 Å². The number of benzene rings is 1. The van der Waals surface area contributed by atoms with Gasteiger partial charge in [-0.25, -0.2) is 0 Å². The third-order valence-corrected chi connectivity index (χ3v) is 3.77. The summed E-state index contributed by atoms with van der Waals surface area (Å²) in [6, 6.07) is 10.5. The molecular formula is C13H14O2. The maximum atomic E-state index is 10.7. The summed E-state index contributed by atoms with van der Waals surface area (Å²) in [5, 5.41) is 8.86. The van der Waals surface area contributed by atoms with Gasteiger partial charge in [-0.05, 0) is 36.2 Å². The van der Waals surface area contributed by atoms with Crippen LogP contribution in [0.1, 0.15) is 24.3 Å². The van der Waals surface area contributed by atoms with Crippen molar-refractivity contribution in [3.63, 3.8) is 0 Å². The molecule has 0 amide bonds. The Morgan fingerprint density at radius 3 is 2.47 bits per heavy atom. The van der Waals surface area contributed by atoms with Gasteiger partial charge in [-0.3, -0.25) is 4.79 Å². The summed E-state index contributed by atoms with van der Waals surface area (Å²) in [5.74, 6) is 1.11. The Labute approximate surface area is 88.9 Å². The Bertz CT molecular complexity index is 385. The Balaban J connectivity index is 1.64. The molecule has 0 bridgehead atoms. The van der Waals surface area contributed by atoms with Crippen molar-refractivity contribution in [1.82, 2.24) is 0 Å². The molecule has 78 valence electrons. The first-order valence-electron chi connectivity index (χ1n) is 5.55. The lowest BCUT2D eigenvalue weighted by Gasteiger charge is -1.98. The molecule has 15 heavy (non-hydrogen) atoms. The van der Waals surface area contributed by atoms with Crippen LogP contribution in [-0.2, 0) is 4.79 Å². The quantitative estimate of drug-likeness (QED) is 0.817. The Kier molecular flexibility index (Phi) is 1.84. The van der Waals surface area contributed by atoms with Crippen molar-refractivity contribution in [2.45, 2.75) is 18.8 Å². The fourth-order valence-corrected chi connectivity index (χ4v) is 2.74. The third-order valence-electron chi connectivity index (χ3n) is 3.77. The molecule has 1 N–H and O–H groups in total. The van der Waals surface area contributed by atoms with Crippen molar-refractivity contribution in [3.8, 4) is 0 Å². The number of hydrogen-bond donors (Lipinski definition) is 1. The number of aliphatic carboxylic acids is 1. The molecule has 0 spiro atoms. The summed E-state index contributed by atoms with van der Waals surface area (Å²) < 4.78 is 0. The highest BCUT2D eigenvalue weighted by molar-refractivity contribution is 5.73. The summed E-state index contributed by atoms with van der Waals surface area (Å²) in [5.41, 5.74) is 1.39. The first-order valence-corrected chi connectivity index (χ1v) is 5.55.